The summed E-state index contributed by atoms with van der Waals surface area (Å²) in [6.07, 6.45) is 0. The van der Waals surface area contributed by atoms with Crippen molar-refractivity contribution in [1.29, 1.82) is 0 Å². The highest BCUT2D eigenvalue weighted by atomic mass is 127. The molecule has 0 amide bonds. The normalized spacial score (nSPS) is 26.0. The van der Waals surface area contributed by atoms with Crippen molar-refractivity contribution in [3.63, 3.8) is 0 Å². The summed E-state index contributed by atoms with van der Waals surface area (Å²) in [5.74, 6) is 1.59. The lowest BCUT2D eigenvalue weighted by atomic mass is 10.0. The smallest absolute Gasteiger partial charge is 0.191 e. The van der Waals surface area contributed by atoms with Crippen LogP contribution in [0.5, 0.6) is 0 Å². The van der Waals surface area contributed by atoms with E-state index < -0.39 is 0 Å². The fourth-order valence-corrected chi connectivity index (χ4v) is 3.65. The van der Waals surface area contributed by atoms with Gasteiger partial charge in [-0.15, -0.1) is 24.0 Å². The Morgan fingerprint density at radius 1 is 1.23 bits per heavy atom. The number of hydrogen-bond acceptors (Lipinski definition) is 4. The zero-order chi connectivity index (χ0) is 18.4. The van der Waals surface area contributed by atoms with Gasteiger partial charge in [-0.05, 0) is 40.5 Å². The first-order valence-electron chi connectivity index (χ1n) is 9.95. The summed E-state index contributed by atoms with van der Waals surface area (Å²) < 4.78 is 5.48. The van der Waals surface area contributed by atoms with E-state index in [1.807, 2.05) is 0 Å². The van der Waals surface area contributed by atoms with E-state index >= 15 is 0 Å². The van der Waals surface area contributed by atoms with Gasteiger partial charge in [-0.25, -0.2) is 0 Å². The van der Waals surface area contributed by atoms with Crippen LogP contribution in [0.1, 0.15) is 41.5 Å². The van der Waals surface area contributed by atoms with Gasteiger partial charge in [0, 0.05) is 50.3 Å². The molecule has 26 heavy (non-hydrogen) atoms. The zero-order valence-electron chi connectivity index (χ0n) is 17.5. The first kappa shape index (κ1) is 23.9. The molecular formula is C19H40IN5O. The van der Waals surface area contributed by atoms with Crippen molar-refractivity contribution < 1.29 is 4.74 Å². The van der Waals surface area contributed by atoms with Gasteiger partial charge in [0.2, 0.25) is 0 Å². The van der Waals surface area contributed by atoms with Gasteiger partial charge in [-0.2, -0.15) is 0 Å². The average Bonchev–Trinajstić information content (AvgIpc) is 2.95. The standard InChI is InChI=1S/C19H39N5O.HI/c1-7-20-18(22-17-13-23(15(2)3)12-16(17)4)21-14-19(5,6)24-8-10-25-11-9-24;/h15-17H,7-14H2,1-6H3,(H2,20,21,22);1H. The number of nitrogens with zero attached hydrogens (tertiary/aromatic N) is 3. The molecule has 2 heterocycles. The molecule has 0 aliphatic carbocycles. The molecule has 2 saturated heterocycles. The number of guanidine groups is 1. The topological polar surface area (TPSA) is 52.1 Å². The predicted octanol–water partition coefficient (Wildman–Crippen LogP) is 2.00. The van der Waals surface area contributed by atoms with E-state index in [-0.39, 0.29) is 29.5 Å². The summed E-state index contributed by atoms with van der Waals surface area (Å²) in [5.41, 5.74) is 0.0530. The maximum absolute atomic E-state index is 5.48. The second-order valence-corrected chi connectivity index (χ2v) is 8.38. The minimum absolute atomic E-state index is 0. The van der Waals surface area contributed by atoms with Gasteiger partial charge in [0.25, 0.3) is 0 Å². The Balaban J connectivity index is 0.00000338. The van der Waals surface area contributed by atoms with Gasteiger partial charge in [0.05, 0.1) is 19.8 Å². The molecule has 6 nitrogen and oxygen atoms in total. The highest BCUT2D eigenvalue weighted by molar-refractivity contribution is 14.0. The second-order valence-electron chi connectivity index (χ2n) is 8.38. The van der Waals surface area contributed by atoms with Crippen molar-refractivity contribution in [2.24, 2.45) is 10.9 Å². The van der Waals surface area contributed by atoms with E-state index in [9.17, 15) is 0 Å². The molecule has 0 aromatic heterocycles. The molecule has 0 saturated carbocycles. The zero-order valence-corrected chi connectivity index (χ0v) is 19.9. The van der Waals surface area contributed by atoms with Crippen molar-refractivity contribution in [2.75, 3.05) is 52.5 Å². The number of rotatable bonds is 6. The second kappa shape index (κ2) is 11.0. The lowest BCUT2D eigenvalue weighted by molar-refractivity contribution is -0.00684. The van der Waals surface area contributed by atoms with Gasteiger partial charge in [0.15, 0.2) is 5.96 Å². The first-order valence-corrected chi connectivity index (χ1v) is 9.95. The highest BCUT2D eigenvalue weighted by Crippen LogP contribution is 2.19. The number of morpholine rings is 1. The lowest BCUT2D eigenvalue weighted by Gasteiger charge is -2.40. The Morgan fingerprint density at radius 3 is 2.42 bits per heavy atom. The Bertz CT molecular complexity index is 438. The minimum Gasteiger partial charge on any atom is -0.379 e. The first-order chi connectivity index (χ1) is 11.8. The van der Waals surface area contributed by atoms with Gasteiger partial charge in [0.1, 0.15) is 0 Å². The van der Waals surface area contributed by atoms with Crippen LogP contribution in [0.4, 0.5) is 0 Å². The summed E-state index contributed by atoms with van der Waals surface area (Å²) in [6.45, 7) is 21.2. The number of ether oxygens (including phenoxy) is 1. The summed E-state index contributed by atoms with van der Waals surface area (Å²) in [5, 5.41) is 7.11. The maximum Gasteiger partial charge on any atom is 0.191 e. The Kier molecular flexibility index (Phi) is 10.1. The van der Waals surface area contributed by atoms with E-state index in [1.165, 1.54) is 0 Å². The summed E-state index contributed by atoms with van der Waals surface area (Å²) in [7, 11) is 0. The number of hydrogen-bond donors (Lipinski definition) is 2. The van der Waals surface area contributed by atoms with E-state index in [0.29, 0.717) is 18.0 Å². The van der Waals surface area contributed by atoms with Crippen LogP contribution < -0.4 is 10.6 Å². The van der Waals surface area contributed by atoms with Crippen LogP contribution >= 0.6 is 24.0 Å². The van der Waals surface area contributed by atoms with Gasteiger partial charge < -0.3 is 15.4 Å². The Hall–Kier alpha value is -0.120. The molecule has 0 radical (unpaired) electrons. The van der Waals surface area contributed by atoms with Crippen molar-refractivity contribution >= 4 is 29.9 Å². The van der Waals surface area contributed by atoms with Crippen molar-refractivity contribution in [3.05, 3.63) is 0 Å². The van der Waals surface area contributed by atoms with Crippen LogP contribution in [0.3, 0.4) is 0 Å². The molecule has 2 rings (SSSR count). The SMILES string of the molecule is CCNC(=NCC(C)(C)N1CCOCC1)NC1CN(C(C)C)CC1C.I. The van der Waals surface area contributed by atoms with E-state index in [0.717, 1.165) is 58.4 Å². The van der Waals surface area contributed by atoms with Crippen LogP contribution in [-0.4, -0.2) is 85.9 Å². The lowest BCUT2D eigenvalue weighted by Crippen LogP contribution is -2.52. The van der Waals surface area contributed by atoms with Gasteiger partial charge in [-0.1, -0.05) is 6.92 Å². The van der Waals surface area contributed by atoms with E-state index in [1.54, 1.807) is 0 Å². The summed E-state index contributed by atoms with van der Waals surface area (Å²) in [4.78, 5) is 9.96. The van der Waals surface area contributed by atoms with E-state index in [4.69, 9.17) is 9.73 Å². The summed E-state index contributed by atoms with van der Waals surface area (Å²) >= 11 is 0. The number of aliphatic imine (C=N–C) groups is 1. The molecule has 7 heteroatoms. The largest absolute Gasteiger partial charge is 0.379 e. The summed E-state index contributed by atoms with van der Waals surface area (Å²) in [6, 6.07) is 1.07. The van der Waals surface area contributed by atoms with Crippen molar-refractivity contribution in [3.8, 4) is 0 Å². The maximum atomic E-state index is 5.48. The average molecular weight is 481 g/mol. The number of nitrogens with one attached hydrogen (secondary N) is 2. The molecule has 2 fully saturated rings. The number of halogens is 1. The molecule has 0 bridgehead atoms. The van der Waals surface area contributed by atoms with Crippen LogP contribution in [0, 0.1) is 5.92 Å². The van der Waals surface area contributed by atoms with Crippen LogP contribution in [0.25, 0.3) is 0 Å². The van der Waals surface area contributed by atoms with Crippen molar-refractivity contribution in [2.45, 2.75) is 59.2 Å². The van der Waals surface area contributed by atoms with Gasteiger partial charge >= 0.3 is 0 Å². The third kappa shape index (κ3) is 6.80. The number of likely N-dealkylation sites (tertiary alicyclic amines) is 1. The van der Waals surface area contributed by atoms with Crippen LogP contribution in [0.2, 0.25) is 0 Å². The molecular weight excluding hydrogens is 441 g/mol. The van der Waals surface area contributed by atoms with Crippen LogP contribution in [0.15, 0.2) is 4.99 Å². The molecule has 154 valence electrons. The fourth-order valence-electron chi connectivity index (χ4n) is 3.65. The van der Waals surface area contributed by atoms with Gasteiger partial charge in [-0.3, -0.25) is 14.8 Å². The molecule has 0 spiro atoms. The highest BCUT2D eigenvalue weighted by Gasteiger charge is 2.32. The van der Waals surface area contributed by atoms with Crippen molar-refractivity contribution in [1.82, 2.24) is 20.4 Å². The molecule has 2 atom stereocenters. The fraction of sp³-hybridized carbons (Fsp3) is 0.947. The third-order valence-electron chi connectivity index (χ3n) is 5.53. The molecule has 0 aromatic carbocycles. The quantitative estimate of drug-likeness (QED) is 0.346. The minimum atomic E-state index is 0. The van der Waals surface area contributed by atoms with Crippen LogP contribution in [-0.2, 0) is 4.74 Å². The Morgan fingerprint density at radius 2 is 1.88 bits per heavy atom. The third-order valence-corrected chi connectivity index (χ3v) is 5.53. The molecule has 0 aromatic rings. The molecule has 2 aliphatic rings. The molecule has 2 unspecified atom stereocenters. The van der Waals surface area contributed by atoms with E-state index in [2.05, 4.69) is 62.0 Å². The predicted molar refractivity (Wildman–Crippen MR) is 121 cm³/mol. The Labute approximate surface area is 177 Å². The molecule has 2 aliphatic heterocycles. The monoisotopic (exact) mass is 481 g/mol. The molecule has 2 N–H and O–H groups in total.